The number of aliphatic imine (C=N–C) groups is 2. The molecule has 0 radical (unpaired) electrons. The van der Waals surface area contributed by atoms with Crippen molar-refractivity contribution >= 4 is 21.5 Å². The summed E-state index contributed by atoms with van der Waals surface area (Å²) < 4.78 is 60.8. The number of pyridine rings is 1. The van der Waals surface area contributed by atoms with E-state index in [9.17, 15) is 18.4 Å². The van der Waals surface area contributed by atoms with E-state index in [0.717, 1.165) is 5.56 Å². The maximum absolute atomic E-state index is 10.7. The molecule has 0 aliphatic heterocycles. The van der Waals surface area contributed by atoms with Gasteiger partial charge in [-0.15, -0.1) is 0 Å². The van der Waals surface area contributed by atoms with E-state index >= 15 is 0 Å². The number of aromatic nitrogens is 3. The molecule has 10 nitrogen and oxygen atoms in total. The highest BCUT2D eigenvalue weighted by atomic mass is 32.2. The van der Waals surface area contributed by atoms with E-state index in [2.05, 4.69) is 15.0 Å². The van der Waals surface area contributed by atoms with Gasteiger partial charge in [-0.05, 0) is 0 Å². The highest BCUT2D eigenvalue weighted by Gasteiger charge is 2.37. The maximum Gasteiger partial charge on any atom is 0.485 e. The van der Waals surface area contributed by atoms with Crippen LogP contribution in [0.4, 0.5) is 13.2 Å². The molecule has 0 N–H and O–H groups in total. The first-order valence-electron chi connectivity index (χ1n) is 9.37. The molecule has 0 amide bonds. The molecule has 35 heavy (non-hydrogen) atoms. The Morgan fingerprint density at radius 1 is 0.971 bits per heavy atom. The van der Waals surface area contributed by atoms with E-state index in [-0.39, 0.29) is 0 Å². The van der Waals surface area contributed by atoms with Crippen molar-refractivity contribution in [3.8, 4) is 23.6 Å². The van der Waals surface area contributed by atoms with Crippen molar-refractivity contribution in [3.05, 3.63) is 77.5 Å². The molecule has 4 rings (SSSR count). The second-order valence-electron chi connectivity index (χ2n) is 6.77. The number of rotatable bonds is 1. The third kappa shape index (κ3) is 5.35. The van der Waals surface area contributed by atoms with Crippen LogP contribution >= 0.6 is 0 Å². The predicted molar refractivity (Wildman–Crippen MR) is 113 cm³/mol. The first-order chi connectivity index (χ1) is 16.5. The van der Waals surface area contributed by atoms with Gasteiger partial charge in [0.1, 0.15) is 29.9 Å². The lowest BCUT2D eigenvalue weighted by molar-refractivity contribution is -0.671. The Bertz CT molecular complexity index is 1540. The average Bonchev–Trinajstić information content (AvgIpc) is 2.80. The third-order valence-corrected chi connectivity index (χ3v) is 5.11. The predicted octanol–water partition coefficient (Wildman–Crippen LogP) is 1.97. The smallest absolute Gasteiger partial charge is 0.485 e. The van der Waals surface area contributed by atoms with Gasteiger partial charge in [0.2, 0.25) is 12.4 Å². The molecular weight excluding hydrogens is 487 g/mol. The van der Waals surface area contributed by atoms with E-state index in [0.29, 0.717) is 39.6 Å². The summed E-state index contributed by atoms with van der Waals surface area (Å²) in [5.41, 5.74) is -0.972. The Morgan fingerprint density at radius 3 is 1.91 bits per heavy atom. The minimum absolute atomic E-state index is 0.427. The second-order valence-corrected chi connectivity index (χ2v) is 8.14. The zero-order valence-corrected chi connectivity index (χ0v) is 18.4. The van der Waals surface area contributed by atoms with Gasteiger partial charge in [0.25, 0.3) is 0 Å². The van der Waals surface area contributed by atoms with Crippen molar-refractivity contribution in [2.75, 3.05) is 0 Å². The Labute approximate surface area is 196 Å². The molecule has 0 unspecified atom stereocenters. The van der Waals surface area contributed by atoms with Crippen LogP contribution in [0.25, 0.3) is 11.3 Å². The maximum atomic E-state index is 10.7. The summed E-state index contributed by atoms with van der Waals surface area (Å²) in [4.78, 5) is 17.1. The molecule has 0 saturated carbocycles. The van der Waals surface area contributed by atoms with Crippen LogP contribution in [0.3, 0.4) is 0 Å². The summed E-state index contributed by atoms with van der Waals surface area (Å²) in [6.45, 7) is 0. The van der Waals surface area contributed by atoms with E-state index < -0.39 is 15.6 Å². The standard InChI is InChI=1S/C20H12N7.CHF3O3S/c1-27-8-6-13(7-9-27)16-10-23-19-17(24-11-21)14-4-2-3-5-15(14)18(25-12-22)20(19)26-16;2-1(3,4)8(5,6)7/h2-10H,1H3;(H,5,6,7)/q+1;/p-1. The molecule has 0 atom stereocenters. The molecular formula is C21H12F3N7O3S. The topological polar surface area (TPSA) is 159 Å². The van der Waals surface area contributed by atoms with E-state index in [1.165, 1.54) is 0 Å². The summed E-state index contributed by atoms with van der Waals surface area (Å²) in [6, 6.07) is 11.2. The van der Waals surface area contributed by atoms with Crippen LogP contribution in [0.15, 0.2) is 65.0 Å². The van der Waals surface area contributed by atoms with E-state index in [1.54, 1.807) is 6.20 Å². The van der Waals surface area contributed by atoms with Gasteiger partial charge in [-0.1, -0.05) is 24.3 Å². The lowest BCUT2D eigenvalue weighted by Crippen LogP contribution is -2.26. The number of nitrogens with zero attached hydrogens (tertiary/aromatic N) is 7. The fourth-order valence-electron chi connectivity index (χ4n) is 3.02. The van der Waals surface area contributed by atoms with Crippen molar-refractivity contribution < 1.29 is 30.7 Å². The number of fused-ring (bicyclic) bond motifs is 2. The molecule has 14 heteroatoms. The largest absolute Gasteiger partial charge is 0.741 e. The SMILES string of the molecule is C[n+]1ccc(-c2cnc3c(n2)C(=NC#N)c2ccccc2C3=NC#N)cc1.O=S(=O)([O-])C(F)(F)F. The molecule has 2 heterocycles. The van der Waals surface area contributed by atoms with E-state index in [4.69, 9.17) is 23.2 Å². The summed E-state index contributed by atoms with van der Waals surface area (Å²) in [5.74, 6) is 0. The van der Waals surface area contributed by atoms with E-state index in [1.807, 2.05) is 72.8 Å². The minimum Gasteiger partial charge on any atom is -0.741 e. The van der Waals surface area contributed by atoms with Crippen molar-refractivity contribution in [1.29, 1.82) is 10.5 Å². The second kappa shape index (κ2) is 9.76. The number of nitriles is 2. The molecule has 0 saturated heterocycles. The molecule has 0 spiro atoms. The summed E-state index contributed by atoms with van der Waals surface area (Å²) in [5, 5.41) is 18.3. The van der Waals surface area contributed by atoms with Gasteiger partial charge in [-0.25, -0.2) is 23.0 Å². The Kier molecular flexibility index (Phi) is 7.00. The number of hydrogen-bond acceptors (Lipinski definition) is 9. The summed E-state index contributed by atoms with van der Waals surface area (Å²) >= 11 is 0. The molecule has 1 aliphatic carbocycles. The molecule has 176 valence electrons. The van der Waals surface area contributed by atoms with Gasteiger partial charge in [-0.2, -0.15) is 33.7 Å². The molecule has 0 fully saturated rings. The Balaban J connectivity index is 0.000000371. The normalized spacial score (nSPS) is 14.7. The number of hydrogen-bond donors (Lipinski definition) is 0. The first-order valence-corrected chi connectivity index (χ1v) is 10.8. The highest BCUT2D eigenvalue weighted by Crippen LogP contribution is 2.28. The van der Waals surface area contributed by atoms with Gasteiger partial charge in [0.05, 0.1) is 11.9 Å². The fourth-order valence-corrected chi connectivity index (χ4v) is 3.02. The van der Waals surface area contributed by atoms with Gasteiger partial charge < -0.3 is 4.55 Å². The van der Waals surface area contributed by atoms with Gasteiger partial charge in [0.15, 0.2) is 22.5 Å². The minimum atomic E-state index is -6.09. The number of aryl methyl sites for hydroxylation is 1. The van der Waals surface area contributed by atoms with Crippen LogP contribution in [0.1, 0.15) is 22.5 Å². The van der Waals surface area contributed by atoms with Crippen LogP contribution in [0.5, 0.6) is 0 Å². The summed E-state index contributed by atoms with van der Waals surface area (Å²) in [6.07, 6.45) is 9.14. The molecule has 1 aromatic carbocycles. The lowest BCUT2D eigenvalue weighted by Gasteiger charge is -2.20. The lowest BCUT2D eigenvalue weighted by atomic mass is 9.88. The number of halogens is 3. The first kappa shape index (κ1) is 25.1. The van der Waals surface area contributed by atoms with Crippen molar-refractivity contribution in [3.63, 3.8) is 0 Å². The summed E-state index contributed by atoms with van der Waals surface area (Å²) in [7, 11) is -4.16. The number of alkyl halides is 3. The fraction of sp³-hybridized carbons (Fsp3) is 0.0952. The van der Waals surface area contributed by atoms with Crippen LogP contribution in [-0.4, -0.2) is 39.9 Å². The molecule has 0 bridgehead atoms. The van der Waals surface area contributed by atoms with Crippen LogP contribution in [-0.2, 0) is 17.2 Å². The van der Waals surface area contributed by atoms with Crippen LogP contribution < -0.4 is 4.57 Å². The van der Waals surface area contributed by atoms with Gasteiger partial charge >= 0.3 is 5.51 Å². The third-order valence-electron chi connectivity index (χ3n) is 4.54. The van der Waals surface area contributed by atoms with Crippen molar-refractivity contribution in [2.45, 2.75) is 5.51 Å². The zero-order chi connectivity index (χ0) is 25.8. The number of benzene rings is 1. The Morgan fingerprint density at radius 2 is 1.46 bits per heavy atom. The van der Waals surface area contributed by atoms with Gasteiger partial charge in [-0.3, -0.25) is 0 Å². The van der Waals surface area contributed by atoms with Crippen LogP contribution in [0.2, 0.25) is 0 Å². The van der Waals surface area contributed by atoms with Crippen molar-refractivity contribution in [1.82, 2.24) is 9.97 Å². The van der Waals surface area contributed by atoms with Crippen LogP contribution in [0, 0.1) is 22.9 Å². The molecule has 1 aliphatic rings. The highest BCUT2D eigenvalue weighted by molar-refractivity contribution is 7.86. The Hall–Kier alpha value is -4.53. The zero-order valence-electron chi connectivity index (χ0n) is 17.6. The molecule has 3 aromatic rings. The monoisotopic (exact) mass is 499 g/mol. The average molecular weight is 499 g/mol. The molecule has 2 aromatic heterocycles. The van der Waals surface area contributed by atoms with Gasteiger partial charge in [0, 0.05) is 28.8 Å². The van der Waals surface area contributed by atoms with Crippen molar-refractivity contribution in [2.24, 2.45) is 17.0 Å². The quantitative estimate of drug-likeness (QED) is 0.167.